The van der Waals surface area contributed by atoms with Gasteiger partial charge in [-0.1, -0.05) is 36.8 Å². The van der Waals surface area contributed by atoms with E-state index in [9.17, 15) is 14.8 Å². The standard InChI is InChI=1S/C24H38N2O5/c1-5-30-23(27)20(17-25(4)29)16-21(24(28)31-6-2)22-14-10-11-15-26(22)18(3)19-12-8-7-9-13-19/h7-9,12-13,18,20-22,29H,5-6,10-11,14-17H2,1-4H3/t18-,20?,21+,22+/m0/s1. The predicted octanol–water partition coefficient (Wildman–Crippen LogP) is 3.67. The lowest BCUT2D eigenvalue weighted by molar-refractivity contribution is -0.159. The molecule has 1 N–H and O–H groups in total. The number of nitrogens with zero attached hydrogens (tertiary/aromatic N) is 2. The summed E-state index contributed by atoms with van der Waals surface area (Å²) in [4.78, 5) is 28.0. The Morgan fingerprint density at radius 2 is 1.77 bits per heavy atom. The lowest BCUT2D eigenvalue weighted by Gasteiger charge is -2.43. The van der Waals surface area contributed by atoms with Crippen molar-refractivity contribution < 1.29 is 24.3 Å². The average Bonchev–Trinajstić information content (AvgIpc) is 2.76. The number of piperidine rings is 1. The van der Waals surface area contributed by atoms with Crippen LogP contribution in [0.3, 0.4) is 0 Å². The normalized spacial score (nSPS) is 20.1. The van der Waals surface area contributed by atoms with E-state index >= 15 is 0 Å². The maximum atomic E-state index is 13.1. The Kier molecular flexibility index (Phi) is 10.4. The molecular weight excluding hydrogens is 396 g/mol. The number of esters is 2. The summed E-state index contributed by atoms with van der Waals surface area (Å²) in [5.74, 6) is -1.76. The fourth-order valence-corrected chi connectivity index (χ4v) is 4.61. The largest absolute Gasteiger partial charge is 0.466 e. The second-order valence-electron chi connectivity index (χ2n) is 8.27. The molecule has 1 saturated heterocycles. The van der Waals surface area contributed by atoms with Crippen molar-refractivity contribution in [3.8, 4) is 0 Å². The van der Waals surface area contributed by atoms with E-state index in [2.05, 4.69) is 24.0 Å². The maximum absolute atomic E-state index is 13.1. The van der Waals surface area contributed by atoms with Gasteiger partial charge in [-0.25, -0.2) is 0 Å². The molecule has 1 aliphatic rings. The van der Waals surface area contributed by atoms with Gasteiger partial charge in [0.2, 0.25) is 0 Å². The predicted molar refractivity (Wildman–Crippen MR) is 118 cm³/mol. The number of benzene rings is 1. The van der Waals surface area contributed by atoms with E-state index in [0.29, 0.717) is 6.61 Å². The zero-order valence-electron chi connectivity index (χ0n) is 19.3. The molecule has 1 aromatic rings. The molecular formula is C24H38N2O5. The third-order valence-electron chi connectivity index (χ3n) is 6.07. The van der Waals surface area contributed by atoms with Crippen molar-refractivity contribution in [1.29, 1.82) is 0 Å². The van der Waals surface area contributed by atoms with Gasteiger partial charge in [0.05, 0.1) is 25.0 Å². The highest BCUT2D eigenvalue weighted by molar-refractivity contribution is 5.76. The summed E-state index contributed by atoms with van der Waals surface area (Å²) in [5, 5.41) is 10.8. The molecule has 1 fully saturated rings. The molecule has 31 heavy (non-hydrogen) atoms. The number of likely N-dealkylation sites (tertiary alicyclic amines) is 1. The number of carbonyl (C=O) groups is 2. The SMILES string of the molecule is CCOC(=O)C(C[C@@H](C(=O)OCC)[C@H]1CCCCN1[C@@H](C)c1ccccc1)CN(C)O. The van der Waals surface area contributed by atoms with Gasteiger partial charge >= 0.3 is 11.9 Å². The van der Waals surface area contributed by atoms with Crippen LogP contribution in [0.25, 0.3) is 0 Å². The van der Waals surface area contributed by atoms with E-state index in [1.54, 1.807) is 13.8 Å². The van der Waals surface area contributed by atoms with Gasteiger partial charge in [-0.3, -0.25) is 14.5 Å². The summed E-state index contributed by atoms with van der Waals surface area (Å²) in [7, 11) is 1.50. The van der Waals surface area contributed by atoms with E-state index in [1.165, 1.54) is 12.6 Å². The van der Waals surface area contributed by atoms with Crippen molar-refractivity contribution in [1.82, 2.24) is 9.96 Å². The van der Waals surface area contributed by atoms with Gasteiger partial charge in [-0.15, -0.1) is 0 Å². The number of hydrogen-bond acceptors (Lipinski definition) is 7. The van der Waals surface area contributed by atoms with Gasteiger partial charge in [0.25, 0.3) is 0 Å². The molecule has 1 heterocycles. The smallest absolute Gasteiger partial charge is 0.310 e. The van der Waals surface area contributed by atoms with Crippen LogP contribution < -0.4 is 0 Å². The molecule has 0 aromatic heterocycles. The molecule has 0 radical (unpaired) electrons. The number of rotatable bonds is 11. The summed E-state index contributed by atoms with van der Waals surface area (Å²) >= 11 is 0. The minimum atomic E-state index is -0.611. The quantitative estimate of drug-likeness (QED) is 0.420. The minimum absolute atomic E-state index is 0.0380. The lowest BCUT2D eigenvalue weighted by atomic mass is 9.82. The van der Waals surface area contributed by atoms with Crippen molar-refractivity contribution >= 4 is 11.9 Å². The fraction of sp³-hybridized carbons (Fsp3) is 0.667. The first-order valence-electron chi connectivity index (χ1n) is 11.4. The van der Waals surface area contributed by atoms with Gasteiger partial charge in [0.1, 0.15) is 0 Å². The zero-order chi connectivity index (χ0) is 22.8. The molecule has 0 bridgehead atoms. The molecule has 0 saturated carbocycles. The Bertz CT molecular complexity index is 682. The van der Waals surface area contributed by atoms with Crippen LogP contribution in [0, 0.1) is 11.8 Å². The molecule has 2 rings (SSSR count). The Morgan fingerprint density at radius 1 is 1.13 bits per heavy atom. The summed E-state index contributed by atoms with van der Waals surface area (Å²) in [6.07, 6.45) is 3.25. The summed E-state index contributed by atoms with van der Waals surface area (Å²) in [6, 6.07) is 10.4. The van der Waals surface area contributed by atoms with Crippen LogP contribution in [0.1, 0.15) is 58.1 Å². The number of hydrogen-bond donors (Lipinski definition) is 1. The van der Waals surface area contributed by atoms with Gasteiger partial charge in [0.15, 0.2) is 0 Å². The minimum Gasteiger partial charge on any atom is -0.466 e. The van der Waals surface area contributed by atoms with Gasteiger partial charge in [0, 0.05) is 25.7 Å². The topological polar surface area (TPSA) is 79.3 Å². The van der Waals surface area contributed by atoms with Crippen LogP contribution in [-0.4, -0.2) is 66.5 Å². The maximum Gasteiger partial charge on any atom is 0.310 e. The van der Waals surface area contributed by atoms with Crippen LogP contribution in [0.5, 0.6) is 0 Å². The fourth-order valence-electron chi connectivity index (χ4n) is 4.61. The molecule has 0 amide bonds. The highest BCUT2D eigenvalue weighted by atomic mass is 16.5. The molecule has 1 aliphatic heterocycles. The van der Waals surface area contributed by atoms with E-state index in [4.69, 9.17) is 9.47 Å². The highest BCUT2D eigenvalue weighted by Crippen LogP contribution is 2.35. The van der Waals surface area contributed by atoms with E-state index in [0.717, 1.165) is 30.9 Å². The van der Waals surface area contributed by atoms with Crippen molar-refractivity contribution in [2.24, 2.45) is 11.8 Å². The first-order chi connectivity index (χ1) is 14.9. The lowest BCUT2D eigenvalue weighted by Crippen LogP contribution is -2.49. The van der Waals surface area contributed by atoms with Crippen LogP contribution in [-0.2, 0) is 19.1 Å². The average molecular weight is 435 g/mol. The van der Waals surface area contributed by atoms with Crippen molar-refractivity contribution in [2.45, 2.75) is 58.5 Å². The van der Waals surface area contributed by atoms with Crippen LogP contribution in [0.4, 0.5) is 0 Å². The molecule has 1 aromatic carbocycles. The van der Waals surface area contributed by atoms with Crippen molar-refractivity contribution in [3.63, 3.8) is 0 Å². The van der Waals surface area contributed by atoms with Gasteiger partial charge in [-0.05, 0) is 52.1 Å². The molecule has 0 aliphatic carbocycles. The Labute approximate surface area is 186 Å². The third kappa shape index (κ3) is 7.30. The summed E-state index contributed by atoms with van der Waals surface area (Å²) in [6.45, 7) is 7.27. The monoisotopic (exact) mass is 434 g/mol. The van der Waals surface area contributed by atoms with Crippen LogP contribution in [0.15, 0.2) is 30.3 Å². The number of ether oxygens (including phenoxy) is 2. The molecule has 7 nitrogen and oxygen atoms in total. The van der Waals surface area contributed by atoms with E-state index in [1.807, 2.05) is 18.2 Å². The third-order valence-corrected chi connectivity index (χ3v) is 6.07. The second kappa shape index (κ2) is 12.8. The molecule has 174 valence electrons. The van der Waals surface area contributed by atoms with Crippen molar-refractivity contribution in [3.05, 3.63) is 35.9 Å². The summed E-state index contributed by atoms with van der Waals surface area (Å²) < 4.78 is 10.7. The van der Waals surface area contributed by atoms with E-state index in [-0.39, 0.29) is 37.6 Å². The van der Waals surface area contributed by atoms with Crippen molar-refractivity contribution in [2.75, 3.05) is 33.4 Å². The first kappa shape index (κ1) is 25.3. The van der Waals surface area contributed by atoms with Crippen LogP contribution >= 0.6 is 0 Å². The molecule has 7 heteroatoms. The zero-order valence-corrected chi connectivity index (χ0v) is 19.3. The highest BCUT2D eigenvalue weighted by Gasteiger charge is 2.40. The number of hydroxylamine groups is 2. The molecule has 0 spiro atoms. The second-order valence-corrected chi connectivity index (χ2v) is 8.27. The molecule has 1 unspecified atom stereocenters. The number of carbonyl (C=O) groups excluding carboxylic acids is 2. The Morgan fingerprint density at radius 3 is 2.39 bits per heavy atom. The molecule has 4 atom stereocenters. The summed E-state index contributed by atoms with van der Waals surface area (Å²) in [5.41, 5.74) is 1.20. The Hall–Kier alpha value is -1.96. The van der Waals surface area contributed by atoms with E-state index < -0.39 is 17.8 Å². The first-order valence-corrected chi connectivity index (χ1v) is 11.4. The van der Waals surface area contributed by atoms with Crippen LogP contribution in [0.2, 0.25) is 0 Å². The Balaban J connectivity index is 2.32. The van der Waals surface area contributed by atoms with Gasteiger partial charge < -0.3 is 14.7 Å². The van der Waals surface area contributed by atoms with Gasteiger partial charge in [-0.2, -0.15) is 5.06 Å².